The van der Waals surface area contributed by atoms with Gasteiger partial charge in [-0.05, 0) is 25.0 Å². The Labute approximate surface area is 107 Å². The highest BCUT2D eigenvalue weighted by Gasteiger charge is 2.05. The second kappa shape index (κ2) is 5.80. The van der Waals surface area contributed by atoms with E-state index in [1.165, 1.54) is 19.3 Å². The summed E-state index contributed by atoms with van der Waals surface area (Å²) in [6.07, 6.45) is 5.62. The molecule has 0 aliphatic heterocycles. The lowest BCUT2D eigenvalue weighted by molar-refractivity contribution is 0.652. The van der Waals surface area contributed by atoms with Gasteiger partial charge in [-0.3, -0.25) is 4.79 Å². The molecule has 1 N–H and O–H groups in total. The molecule has 0 atom stereocenters. The summed E-state index contributed by atoms with van der Waals surface area (Å²) in [6, 6.07) is 5.80. The maximum atomic E-state index is 12.0. The zero-order valence-corrected chi connectivity index (χ0v) is 11.1. The van der Waals surface area contributed by atoms with Crippen molar-refractivity contribution in [2.75, 3.05) is 0 Å². The third-order valence-electron chi connectivity index (χ3n) is 3.26. The lowest BCUT2D eigenvalue weighted by atomic mass is 10.1. The third kappa shape index (κ3) is 2.78. The molecule has 2 aromatic rings. The van der Waals surface area contributed by atoms with E-state index in [2.05, 4.69) is 16.9 Å². The molecular weight excluding hydrogens is 224 g/mol. The van der Waals surface area contributed by atoms with E-state index in [-0.39, 0.29) is 5.56 Å². The maximum absolute atomic E-state index is 12.0. The first-order valence-electron chi connectivity index (χ1n) is 6.71. The van der Waals surface area contributed by atoms with Gasteiger partial charge in [0.25, 0.3) is 5.56 Å². The highest BCUT2D eigenvalue weighted by Crippen LogP contribution is 2.12. The predicted octanol–water partition coefficient (Wildman–Crippen LogP) is 3.35. The number of aryl methyl sites for hydroxylation is 2. The quantitative estimate of drug-likeness (QED) is 0.820. The standard InChI is InChI=1S/C15H20N2O/c1-3-4-5-6-10-13-16-12-9-7-8-11(2)14(12)15(18)17-13/h7-9H,3-6,10H2,1-2H3,(H,16,17,18). The average molecular weight is 244 g/mol. The number of H-pyrrole nitrogens is 1. The minimum absolute atomic E-state index is 0.0106. The Kier molecular flexibility index (Phi) is 4.13. The Morgan fingerprint density at radius 2 is 2.06 bits per heavy atom. The zero-order chi connectivity index (χ0) is 13.0. The van der Waals surface area contributed by atoms with Gasteiger partial charge in [-0.15, -0.1) is 0 Å². The van der Waals surface area contributed by atoms with Gasteiger partial charge in [0.05, 0.1) is 10.9 Å². The van der Waals surface area contributed by atoms with Crippen LogP contribution in [0.2, 0.25) is 0 Å². The van der Waals surface area contributed by atoms with Crippen molar-refractivity contribution in [2.45, 2.75) is 46.0 Å². The third-order valence-corrected chi connectivity index (χ3v) is 3.26. The first-order valence-corrected chi connectivity index (χ1v) is 6.71. The molecule has 0 radical (unpaired) electrons. The van der Waals surface area contributed by atoms with Crippen LogP contribution in [0.25, 0.3) is 10.9 Å². The first kappa shape index (κ1) is 12.8. The van der Waals surface area contributed by atoms with Crippen molar-refractivity contribution in [2.24, 2.45) is 0 Å². The van der Waals surface area contributed by atoms with Crippen molar-refractivity contribution in [1.29, 1.82) is 0 Å². The van der Waals surface area contributed by atoms with Crippen LogP contribution in [0, 0.1) is 6.92 Å². The number of rotatable bonds is 5. The van der Waals surface area contributed by atoms with E-state index in [4.69, 9.17) is 0 Å². The Hall–Kier alpha value is -1.64. The number of aromatic nitrogens is 2. The summed E-state index contributed by atoms with van der Waals surface area (Å²) in [6.45, 7) is 4.14. The number of hydrogen-bond donors (Lipinski definition) is 1. The number of nitrogens with zero attached hydrogens (tertiary/aromatic N) is 1. The maximum Gasteiger partial charge on any atom is 0.259 e. The molecule has 0 spiro atoms. The summed E-state index contributed by atoms with van der Waals surface area (Å²) in [4.78, 5) is 19.5. The number of nitrogens with one attached hydrogen (secondary N) is 1. The molecule has 0 aliphatic rings. The van der Waals surface area contributed by atoms with Crippen molar-refractivity contribution >= 4 is 10.9 Å². The van der Waals surface area contributed by atoms with Crippen LogP contribution in [-0.4, -0.2) is 9.97 Å². The van der Waals surface area contributed by atoms with Crippen LogP contribution in [0.5, 0.6) is 0 Å². The molecule has 0 saturated carbocycles. The second-order valence-electron chi connectivity index (χ2n) is 4.79. The normalized spacial score (nSPS) is 11.0. The molecule has 1 aromatic carbocycles. The minimum Gasteiger partial charge on any atom is -0.310 e. The molecule has 0 fully saturated rings. The molecule has 1 aromatic heterocycles. The molecule has 96 valence electrons. The summed E-state index contributed by atoms with van der Waals surface area (Å²) < 4.78 is 0. The largest absolute Gasteiger partial charge is 0.310 e. The van der Waals surface area contributed by atoms with Crippen molar-refractivity contribution < 1.29 is 0 Å². The molecule has 0 bridgehead atoms. The molecule has 3 heteroatoms. The van der Waals surface area contributed by atoms with E-state index in [9.17, 15) is 4.79 Å². The lowest BCUT2D eigenvalue weighted by Crippen LogP contribution is -2.13. The summed E-state index contributed by atoms with van der Waals surface area (Å²) in [5.74, 6) is 0.814. The zero-order valence-electron chi connectivity index (χ0n) is 11.1. The van der Waals surface area contributed by atoms with Gasteiger partial charge in [-0.25, -0.2) is 4.98 Å². The SMILES string of the molecule is CCCCCCc1nc2cccc(C)c2c(=O)[nH]1. The van der Waals surface area contributed by atoms with Gasteiger partial charge in [0.2, 0.25) is 0 Å². The fourth-order valence-corrected chi connectivity index (χ4v) is 2.25. The van der Waals surface area contributed by atoms with E-state index >= 15 is 0 Å². The molecule has 0 unspecified atom stereocenters. The van der Waals surface area contributed by atoms with Crippen LogP contribution < -0.4 is 5.56 Å². The topological polar surface area (TPSA) is 45.8 Å². The fourth-order valence-electron chi connectivity index (χ4n) is 2.25. The number of fused-ring (bicyclic) bond motifs is 1. The van der Waals surface area contributed by atoms with Crippen LogP contribution in [0.15, 0.2) is 23.0 Å². The van der Waals surface area contributed by atoms with Crippen LogP contribution >= 0.6 is 0 Å². The van der Waals surface area contributed by atoms with E-state index in [0.29, 0.717) is 0 Å². The summed E-state index contributed by atoms with van der Waals surface area (Å²) in [7, 11) is 0. The Morgan fingerprint density at radius 3 is 2.83 bits per heavy atom. The summed E-state index contributed by atoms with van der Waals surface area (Å²) in [5.41, 5.74) is 1.78. The number of hydrogen-bond acceptors (Lipinski definition) is 2. The molecule has 18 heavy (non-hydrogen) atoms. The van der Waals surface area contributed by atoms with Gasteiger partial charge >= 0.3 is 0 Å². The molecule has 0 amide bonds. The molecule has 3 nitrogen and oxygen atoms in total. The lowest BCUT2D eigenvalue weighted by Gasteiger charge is -2.04. The van der Waals surface area contributed by atoms with Crippen molar-refractivity contribution in [3.63, 3.8) is 0 Å². The molecular formula is C15H20N2O. The average Bonchev–Trinajstić information content (AvgIpc) is 2.34. The van der Waals surface area contributed by atoms with Crippen LogP contribution in [-0.2, 0) is 6.42 Å². The summed E-state index contributed by atoms with van der Waals surface area (Å²) in [5, 5.41) is 0.717. The Balaban J connectivity index is 2.24. The second-order valence-corrected chi connectivity index (χ2v) is 4.79. The van der Waals surface area contributed by atoms with Gasteiger partial charge in [0.15, 0.2) is 0 Å². The van der Waals surface area contributed by atoms with Crippen LogP contribution in [0.4, 0.5) is 0 Å². The minimum atomic E-state index is -0.0106. The highest BCUT2D eigenvalue weighted by atomic mass is 16.1. The fraction of sp³-hybridized carbons (Fsp3) is 0.467. The molecule has 2 rings (SSSR count). The Morgan fingerprint density at radius 1 is 1.22 bits per heavy atom. The van der Waals surface area contributed by atoms with Gasteiger partial charge in [-0.1, -0.05) is 38.3 Å². The van der Waals surface area contributed by atoms with E-state index in [1.807, 2.05) is 25.1 Å². The smallest absolute Gasteiger partial charge is 0.259 e. The number of benzene rings is 1. The molecule has 1 heterocycles. The van der Waals surface area contributed by atoms with Crippen molar-refractivity contribution in [3.8, 4) is 0 Å². The predicted molar refractivity (Wildman–Crippen MR) is 74.9 cm³/mol. The highest BCUT2D eigenvalue weighted by molar-refractivity contribution is 5.80. The van der Waals surface area contributed by atoms with Gasteiger partial charge in [0, 0.05) is 6.42 Å². The summed E-state index contributed by atoms with van der Waals surface area (Å²) >= 11 is 0. The monoisotopic (exact) mass is 244 g/mol. The molecule has 0 aliphatic carbocycles. The number of unbranched alkanes of at least 4 members (excludes halogenated alkanes) is 3. The Bertz CT molecular complexity index is 587. The first-order chi connectivity index (χ1) is 8.72. The van der Waals surface area contributed by atoms with E-state index in [0.717, 1.165) is 35.1 Å². The van der Waals surface area contributed by atoms with Crippen LogP contribution in [0.1, 0.15) is 44.0 Å². The molecule has 0 saturated heterocycles. The van der Waals surface area contributed by atoms with E-state index < -0.39 is 0 Å². The van der Waals surface area contributed by atoms with Gasteiger partial charge in [-0.2, -0.15) is 0 Å². The van der Waals surface area contributed by atoms with Gasteiger partial charge < -0.3 is 4.98 Å². The van der Waals surface area contributed by atoms with Crippen molar-refractivity contribution in [1.82, 2.24) is 9.97 Å². The van der Waals surface area contributed by atoms with Gasteiger partial charge in [0.1, 0.15) is 5.82 Å². The van der Waals surface area contributed by atoms with E-state index in [1.54, 1.807) is 0 Å². The van der Waals surface area contributed by atoms with Crippen molar-refractivity contribution in [3.05, 3.63) is 39.9 Å². The number of aromatic amines is 1. The van der Waals surface area contributed by atoms with Crippen LogP contribution in [0.3, 0.4) is 0 Å².